The van der Waals surface area contributed by atoms with E-state index in [-0.39, 0.29) is 0 Å². The molecule has 0 amide bonds. The van der Waals surface area contributed by atoms with Gasteiger partial charge in [0.25, 0.3) is 0 Å². The Bertz CT molecular complexity index is 137. The van der Waals surface area contributed by atoms with Crippen LogP contribution in [0.25, 0.3) is 0 Å². The molecule has 0 aliphatic carbocycles. The first-order valence-electron chi connectivity index (χ1n) is 7.75. The SMILES string of the molecule is CCCCCCC(CC)CNCCCCCN. The Morgan fingerprint density at radius 3 is 2.35 bits per heavy atom. The summed E-state index contributed by atoms with van der Waals surface area (Å²) in [6.07, 6.45) is 12.0. The topological polar surface area (TPSA) is 38.0 Å². The van der Waals surface area contributed by atoms with Crippen LogP contribution in [0.1, 0.15) is 71.6 Å². The van der Waals surface area contributed by atoms with Gasteiger partial charge in [0.1, 0.15) is 0 Å². The first-order valence-corrected chi connectivity index (χ1v) is 7.75. The van der Waals surface area contributed by atoms with Crippen molar-refractivity contribution in [1.29, 1.82) is 0 Å². The third-order valence-electron chi connectivity index (χ3n) is 3.53. The van der Waals surface area contributed by atoms with Crippen molar-refractivity contribution in [2.24, 2.45) is 11.7 Å². The van der Waals surface area contributed by atoms with Gasteiger partial charge in [-0.15, -0.1) is 0 Å². The Labute approximate surface area is 109 Å². The Morgan fingerprint density at radius 1 is 0.941 bits per heavy atom. The summed E-state index contributed by atoms with van der Waals surface area (Å²) >= 11 is 0. The van der Waals surface area contributed by atoms with Crippen LogP contribution in [-0.4, -0.2) is 19.6 Å². The zero-order chi connectivity index (χ0) is 12.8. The average molecular weight is 242 g/mol. The fraction of sp³-hybridized carbons (Fsp3) is 1.00. The summed E-state index contributed by atoms with van der Waals surface area (Å²) in [5.41, 5.74) is 5.47. The lowest BCUT2D eigenvalue weighted by molar-refractivity contribution is 0.410. The van der Waals surface area contributed by atoms with Crippen LogP contribution in [-0.2, 0) is 0 Å². The van der Waals surface area contributed by atoms with Gasteiger partial charge in [-0.25, -0.2) is 0 Å². The number of unbranched alkanes of at least 4 members (excludes halogenated alkanes) is 5. The highest BCUT2D eigenvalue weighted by molar-refractivity contribution is 4.61. The summed E-state index contributed by atoms with van der Waals surface area (Å²) in [6.45, 7) is 7.83. The first kappa shape index (κ1) is 16.9. The van der Waals surface area contributed by atoms with Gasteiger partial charge in [-0.1, -0.05) is 52.4 Å². The number of rotatable bonds is 13. The average Bonchev–Trinajstić information content (AvgIpc) is 2.36. The predicted molar refractivity (Wildman–Crippen MR) is 78.3 cm³/mol. The standard InChI is InChI=1S/C15H34N2/c1-3-5-6-8-11-15(4-2)14-17-13-10-7-9-12-16/h15,17H,3-14,16H2,1-2H3. The molecule has 0 saturated heterocycles. The van der Waals surface area contributed by atoms with Crippen molar-refractivity contribution in [3.05, 3.63) is 0 Å². The Morgan fingerprint density at radius 2 is 1.71 bits per heavy atom. The van der Waals surface area contributed by atoms with Gasteiger partial charge in [-0.3, -0.25) is 0 Å². The number of nitrogens with two attached hydrogens (primary N) is 1. The first-order chi connectivity index (χ1) is 8.35. The zero-order valence-electron chi connectivity index (χ0n) is 12.1. The van der Waals surface area contributed by atoms with Crippen LogP contribution in [0.4, 0.5) is 0 Å². The van der Waals surface area contributed by atoms with Gasteiger partial charge in [0, 0.05) is 0 Å². The summed E-state index contributed by atoms with van der Waals surface area (Å²) < 4.78 is 0. The highest BCUT2D eigenvalue weighted by Crippen LogP contribution is 2.13. The van der Waals surface area contributed by atoms with Gasteiger partial charge in [0.05, 0.1) is 0 Å². The normalized spacial score (nSPS) is 12.9. The van der Waals surface area contributed by atoms with E-state index >= 15 is 0 Å². The maximum Gasteiger partial charge on any atom is -0.00206 e. The van der Waals surface area contributed by atoms with E-state index in [1.165, 1.54) is 70.9 Å². The lowest BCUT2D eigenvalue weighted by Crippen LogP contribution is -2.23. The van der Waals surface area contributed by atoms with E-state index in [4.69, 9.17) is 5.73 Å². The molecule has 0 aromatic carbocycles. The largest absolute Gasteiger partial charge is 0.330 e. The van der Waals surface area contributed by atoms with Crippen molar-refractivity contribution in [2.75, 3.05) is 19.6 Å². The fourth-order valence-corrected chi connectivity index (χ4v) is 2.19. The van der Waals surface area contributed by atoms with E-state index in [9.17, 15) is 0 Å². The fourth-order valence-electron chi connectivity index (χ4n) is 2.19. The van der Waals surface area contributed by atoms with Crippen LogP contribution in [0.15, 0.2) is 0 Å². The molecule has 0 aliphatic heterocycles. The molecule has 17 heavy (non-hydrogen) atoms. The van der Waals surface area contributed by atoms with Crippen LogP contribution in [0, 0.1) is 5.92 Å². The van der Waals surface area contributed by atoms with E-state index in [0.29, 0.717) is 0 Å². The molecule has 0 aromatic rings. The minimum absolute atomic E-state index is 0.842. The van der Waals surface area contributed by atoms with Crippen LogP contribution < -0.4 is 11.1 Å². The van der Waals surface area contributed by atoms with Crippen LogP contribution in [0.5, 0.6) is 0 Å². The molecule has 0 bridgehead atoms. The Hall–Kier alpha value is -0.0800. The van der Waals surface area contributed by atoms with Crippen LogP contribution in [0.3, 0.4) is 0 Å². The molecule has 0 saturated carbocycles. The molecule has 1 unspecified atom stereocenters. The van der Waals surface area contributed by atoms with Gasteiger partial charge < -0.3 is 11.1 Å². The van der Waals surface area contributed by atoms with E-state index in [1.807, 2.05) is 0 Å². The molecule has 0 aliphatic rings. The van der Waals surface area contributed by atoms with Gasteiger partial charge >= 0.3 is 0 Å². The Kier molecular flexibility index (Phi) is 13.9. The van der Waals surface area contributed by atoms with Crippen molar-refractivity contribution >= 4 is 0 Å². The van der Waals surface area contributed by atoms with Crippen LogP contribution in [0.2, 0.25) is 0 Å². The van der Waals surface area contributed by atoms with Crippen molar-refractivity contribution in [3.8, 4) is 0 Å². The van der Waals surface area contributed by atoms with Gasteiger partial charge in [0.2, 0.25) is 0 Å². The molecule has 2 nitrogen and oxygen atoms in total. The maximum absolute atomic E-state index is 5.47. The number of hydrogen-bond donors (Lipinski definition) is 2. The second-order valence-electron chi connectivity index (χ2n) is 5.18. The molecule has 3 N–H and O–H groups in total. The monoisotopic (exact) mass is 242 g/mol. The summed E-state index contributed by atoms with van der Waals surface area (Å²) in [7, 11) is 0. The molecule has 104 valence electrons. The molecule has 2 heteroatoms. The predicted octanol–water partition coefficient (Wildman–Crippen LogP) is 3.70. The van der Waals surface area contributed by atoms with E-state index in [1.54, 1.807) is 0 Å². The highest BCUT2D eigenvalue weighted by Gasteiger charge is 2.04. The van der Waals surface area contributed by atoms with E-state index < -0.39 is 0 Å². The van der Waals surface area contributed by atoms with Gasteiger partial charge in [-0.05, 0) is 44.8 Å². The second kappa shape index (κ2) is 14.0. The molecule has 0 heterocycles. The quantitative estimate of drug-likeness (QED) is 0.483. The molecular weight excluding hydrogens is 208 g/mol. The third kappa shape index (κ3) is 12.2. The summed E-state index contributed by atoms with van der Waals surface area (Å²) in [5.74, 6) is 0.890. The minimum atomic E-state index is 0.842. The molecule has 0 rings (SSSR count). The van der Waals surface area contributed by atoms with Crippen LogP contribution >= 0.6 is 0 Å². The number of nitrogens with one attached hydrogen (secondary N) is 1. The molecule has 1 atom stereocenters. The van der Waals surface area contributed by atoms with Gasteiger partial charge in [-0.2, -0.15) is 0 Å². The molecule has 0 radical (unpaired) electrons. The third-order valence-corrected chi connectivity index (χ3v) is 3.53. The Balaban J connectivity index is 3.28. The summed E-state index contributed by atoms with van der Waals surface area (Å²) in [6, 6.07) is 0. The van der Waals surface area contributed by atoms with E-state index in [2.05, 4.69) is 19.2 Å². The van der Waals surface area contributed by atoms with E-state index in [0.717, 1.165) is 12.5 Å². The second-order valence-corrected chi connectivity index (χ2v) is 5.18. The highest BCUT2D eigenvalue weighted by atomic mass is 14.8. The van der Waals surface area contributed by atoms with Crippen molar-refractivity contribution in [2.45, 2.75) is 71.6 Å². The number of hydrogen-bond acceptors (Lipinski definition) is 2. The zero-order valence-corrected chi connectivity index (χ0v) is 12.1. The lowest BCUT2D eigenvalue weighted by Gasteiger charge is -2.15. The molecular formula is C15H34N2. The molecule has 0 fully saturated rings. The minimum Gasteiger partial charge on any atom is -0.330 e. The summed E-state index contributed by atoms with van der Waals surface area (Å²) in [5, 5.41) is 3.60. The van der Waals surface area contributed by atoms with Crippen molar-refractivity contribution in [1.82, 2.24) is 5.32 Å². The summed E-state index contributed by atoms with van der Waals surface area (Å²) in [4.78, 5) is 0. The van der Waals surface area contributed by atoms with Crippen molar-refractivity contribution in [3.63, 3.8) is 0 Å². The molecule has 0 spiro atoms. The van der Waals surface area contributed by atoms with Gasteiger partial charge in [0.15, 0.2) is 0 Å². The molecule has 0 aromatic heterocycles. The van der Waals surface area contributed by atoms with Crippen molar-refractivity contribution < 1.29 is 0 Å². The lowest BCUT2D eigenvalue weighted by atomic mass is 9.98. The maximum atomic E-state index is 5.47. The smallest absolute Gasteiger partial charge is 0.00206 e.